The summed E-state index contributed by atoms with van der Waals surface area (Å²) in [6, 6.07) is 0. The highest BCUT2D eigenvalue weighted by molar-refractivity contribution is 5.70. The van der Waals surface area contributed by atoms with Crippen LogP contribution in [0, 0.1) is 0 Å². The summed E-state index contributed by atoms with van der Waals surface area (Å²) in [7, 11) is 0. The zero-order valence-electron chi connectivity index (χ0n) is 21.7. The van der Waals surface area contributed by atoms with Crippen molar-refractivity contribution in [3.05, 3.63) is 0 Å². The SMILES string of the molecule is CCCCCCCCCCCCCCCCCCCCC[C@@H](O)CC(=O)OC(C)(C)C. The highest BCUT2D eigenvalue weighted by Crippen LogP contribution is 2.16. The molecule has 31 heavy (non-hydrogen) atoms. The van der Waals surface area contributed by atoms with Crippen LogP contribution in [-0.2, 0) is 9.53 Å². The molecule has 0 aliphatic rings. The molecule has 0 aliphatic heterocycles. The number of ether oxygens (including phenoxy) is 1. The van der Waals surface area contributed by atoms with Gasteiger partial charge >= 0.3 is 5.97 Å². The van der Waals surface area contributed by atoms with Gasteiger partial charge in [-0.1, -0.05) is 129 Å². The summed E-state index contributed by atoms with van der Waals surface area (Å²) in [5, 5.41) is 9.96. The van der Waals surface area contributed by atoms with Crippen LogP contribution >= 0.6 is 0 Å². The van der Waals surface area contributed by atoms with Gasteiger partial charge in [0.15, 0.2) is 0 Å². The second-order valence-electron chi connectivity index (χ2n) is 10.6. The molecular formula is C28H56O3. The number of aliphatic hydroxyl groups is 1. The number of aliphatic hydroxyl groups excluding tert-OH is 1. The summed E-state index contributed by atoms with van der Waals surface area (Å²) in [5.41, 5.74) is -0.468. The summed E-state index contributed by atoms with van der Waals surface area (Å²) < 4.78 is 5.25. The Balaban J connectivity index is 3.22. The summed E-state index contributed by atoms with van der Waals surface area (Å²) in [6.45, 7) is 7.85. The predicted octanol–water partition coefficient (Wildman–Crippen LogP) is 8.90. The molecule has 0 aliphatic carbocycles. The predicted molar refractivity (Wildman–Crippen MR) is 134 cm³/mol. The zero-order chi connectivity index (χ0) is 23.2. The minimum absolute atomic E-state index is 0.121. The minimum atomic E-state index is -0.555. The number of esters is 1. The fourth-order valence-corrected chi connectivity index (χ4v) is 4.14. The Morgan fingerprint density at radius 2 is 0.968 bits per heavy atom. The second-order valence-corrected chi connectivity index (χ2v) is 10.6. The molecule has 0 amide bonds. The molecule has 0 unspecified atom stereocenters. The van der Waals surface area contributed by atoms with Crippen molar-refractivity contribution in [2.24, 2.45) is 0 Å². The molecule has 0 saturated heterocycles. The van der Waals surface area contributed by atoms with Crippen LogP contribution in [0.15, 0.2) is 0 Å². The molecule has 3 nitrogen and oxygen atoms in total. The first-order valence-electron chi connectivity index (χ1n) is 13.7. The van der Waals surface area contributed by atoms with Gasteiger partial charge in [-0.25, -0.2) is 0 Å². The molecule has 0 spiro atoms. The number of hydrogen-bond donors (Lipinski definition) is 1. The van der Waals surface area contributed by atoms with Gasteiger partial charge in [-0.2, -0.15) is 0 Å². The van der Waals surface area contributed by atoms with E-state index in [0.717, 1.165) is 12.8 Å². The Hall–Kier alpha value is -0.570. The molecule has 0 aromatic heterocycles. The van der Waals surface area contributed by atoms with Crippen LogP contribution in [0.4, 0.5) is 0 Å². The lowest BCUT2D eigenvalue weighted by Crippen LogP contribution is -2.26. The van der Waals surface area contributed by atoms with Crippen molar-refractivity contribution in [1.82, 2.24) is 0 Å². The number of hydrogen-bond acceptors (Lipinski definition) is 3. The van der Waals surface area contributed by atoms with E-state index in [1.807, 2.05) is 20.8 Å². The van der Waals surface area contributed by atoms with Gasteiger partial charge in [0.05, 0.1) is 12.5 Å². The van der Waals surface area contributed by atoms with E-state index in [0.29, 0.717) is 6.42 Å². The summed E-state index contributed by atoms with van der Waals surface area (Å²) >= 11 is 0. The Kier molecular flexibility index (Phi) is 20.9. The van der Waals surface area contributed by atoms with E-state index in [-0.39, 0.29) is 12.4 Å². The maximum absolute atomic E-state index is 11.7. The summed E-state index contributed by atoms with van der Waals surface area (Å²) in [6.07, 6.45) is 26.3. The van der Waals surface area contributed by atoms with Crippen molar-refractivity contribution in [3.8, 4) is 0 Å². The van der Waals surface area contributed by atoms with Crippen LogP contribution in [0.3, 0.4) is 0 Å². The number of unbranched alkanes of at least 4 members (excludes halogenated alkanes) is 18. The normalized spacial score (nSPS) is 12.8. The highest BCUT2D eigenvalue weighted by atomic mass is 16.6. The monoisotopic (exact) mass is 440 g/mol. The maximum Gasteiger partial charge on any atom is 0.308 e. The van der Waals surface area contributed by atoms with Crippen molar-refractivity contribution in [3.63, 3.8) is 0 Å². The maximum atomic E-state index is 11.7. The molecule has 0 fully saturated rings. The van der Waals surface area contributed by atoms with Gasteiger partial charge in [0, 0.05) is 0 Å². The van der Waals surface area contributed by atoms with E-state index in [1.165, 1.54) is 109 Å². The molecule has 0 rings (SSSR count). The quantitative estimate of drug-likeness (QED) is 0.135. The van der Waals surface area contributed by atoms with Gasteiger partial charge in [0.1, 0.15) is 5.60 Å². The molecule has 0 aromatic rings. The molecule has 1 N–H and O–H groups in total. The van der Waals surface area contributed by atoms with Crippen LogP contribution in [-0.4, -0.2) is 22.8 Å². The first-order valence-corrected chi connectivity index (χ1v) is 13.7. The van der Waals surface area contributed by atoms with Crippen LogP contribution in [0.5, 0.6) is 0 Å². The Bertz CT molecular complexity index is 386. The van der Waals surface area contributed by atoms with Gasteiger partial charge < -0.3 is 9.84 Å². The third-order valence-corrected chi connectivity index (χ3v) is 5.96. The second kappa shape index (κ2) is 21.3. The van der Waals surface area contributed by atoms with Crippen molar-refractivity contribution < 1.29 is 14.6 Å². The van der Waals surface area contributed by atoms with Gasteiger partial charge in [0.25, 0.3) is 0 Å². The van der Waals surface area contributed by atoms with Gasteiger partial charge in [-0.15, -0.1) is 0 Å². The van der Waals surface area contributed by atoms with E-state index >= 15 is 0 Å². The van der Waals surface area contributed by atoms with Crippen LogP contribution < -0.4 is 0 Å². The largest absolute Gasteiger partial charge is 0.460 e. The minimum Gasteiger partial charge on any atom is -0.460 e. The fourth-order valence-electron chi connectivity index (χ4n) is 4.14. The van der Waals surface area contributed by atoms with Gasteiger partial charge in [-0.05, 0) is 27.2 Å². The van der Waals surface area contributed by atoms with Crippen molar-refractivity contribution in [1.29, 1.82) is 0 Å². The Labute approximate surface area is 195 Å². The van der Waals surface area contributed by atoms with Crippen molar-refractivity contribution in [2.75, 3.05) is 0 Å². The first kappa shape index (κ1) is 30.4. The van der Waals surface area contributed by atoms with Crippen molar-refractivity contribution in [2.45, 2.75) is 174 Å². The summed E-state index contributed by atoms with van der Waals surface area (Å²) in [5.74, 6) is -0.294. The van der Waals surface area contributed by atoms with Gasteiger partial charge in [0.2, 0.25) is 0 Å². The third kappa shape index (κ3) is 25.6. The molecule has 0 heterocycles. The Morgan fingerprint density at radius 3 is 1.29 bits per heavy atom. The average Bonchev–Trinajstić information content (AvgIpc) is 2.68. The lowest BCUT2D eigenvalue weighted by atomic mass is 10.0. The van der Waals surface area contributed by atoms with Crippen LogP contribution in [0.25, 0.3) is 0 Å². The number of carbonyl (C=O) groups excluding carboxylic acids is 1. The van der Waals surface area contributed by atoms with E-state index in [9.17, 15) is 9.90 Å². The zero-order valence-corrected chi connectivity index (χ0v) is 21.7. The Morgan fingerprint density at radius 1 is 0.645 bits per heavy atom. The standard InChI is InChI=1S/C28H56O3/c1-5-6-7-8-9-10-11-12-13-14-15-16-17-18-19-20-21-22-23-24-26(29)25-27(30)31-28(2,3)4/h26,29H,5-25H2,1-4H3/t26-/m1/s1. The molecule has 0 saturated carbocycles. The smallest absolute Gasteiger partial charge is 0.308 e. The van der Waals surface area contributed by atoms with Gasteiger partial charge in [-0.3, -0.25) is 4.79 Å². The molecule has 0 radical (unpaired) electrons. The van der Waals surface area contributed by atoms with E-state index in [4.69, 9.17) is 4.74 Å². The van der Waals surface area contributed by atoms with Crippen LogP contribution in [0.2, 0.25) is 0 Å². The molecule has 1 atom stereocenters. The molecule has 186 valence electrons. The number of rotatable bonds is 22. The van der Waals surface area contributed by atoms with Crippen molar-refractivity contribution >= 4 is 5.97 Å². The number of carbonyl (C=O) groups is 1. The van der Waals surface area contributed by atoms with Crippen LogP contribution in [0.1, 0.15) is 163 Å². The topological polar surface area (TPSA) is 46.5 Å². The molecular weight excluding hydrogens is 384 g/mol. The highest BCUT2D eigenvalue weighted by Gasteiger charge is 2.18. The average molecular weight is 441 g/mol. The fraction of sp³-hybridized carbons (Fsp3) is 0.964. The molecule has 3 heteroatoms. The molecule has 0 aromatic carbocycles. The van der Waals surface area contributed by atoms with E-state index in [1.54, 1.807) is 0 Å². The first-order chi connectivity index (χ1) is 14.8. The lowest BCUT2D eigenvalue weighted by molar-refractivity contribution is -0.157. The van der Waals surface area contributed by atoms with E-state index < -0.39 is 11.7 Å². The molecule has 0 bridgehead atoms. The van der Waals surface area contributed by atoms with E-state index in [2.05, 4.69) is 6.92 Å². The lowest BCUT2D eigenvalue weighted by Gasteiger charge is -2.20. The summed E-state index contributed by atoms with van der Waals surface area (Å²) in [4.78, 5) is 11.7. The third-order valence-electron chi connectivity index (χ3n) is 5.96.